The van der Waals surface area contributed by atoms with Crippen LogP contribution in [0.15, 0.2) is 35.1 Å². The number of aryl methyl sites for hydroxylation is 1. The van der Waals surface area contributed by atoms with Gasteiger partial charge in [0.25, 0.3) is 5.91 Å². The molecular weight excluding hydrogens is 234 g/mol. The van der Waals surface area contributed by atoms with Crippen LogP contribution in [-0.4, -0.2) is 27.3 Å². The molecule has 0 radical (unpaired) electrons. The highest BCUT2D eigenvalue weighted by atomic mass is 16.5. The van der Waals surface area contributed by atoms with Crippen LogP contribution in [0.25, 0.3) is 0 Å². The molecule has 0 spiro atoms. The first-order valence-electron chi connectivity index (χ1n) is 5.66. The van der Waals surface area contributed by atoms with E-state index >= 15 is 0 Å². The molecule has 0 fully saturated rings. The third kappa shape index (κ3) is 2.78. The van der Waals surface area contributed by atoms with E-state index in [1.807, 2.05) is 29.9 Å². The fourth-order valence-electron chi connectivity index (χ4n) is 1.71. The second-order valence-corrected chi connectivity index (χ2v) is 3.98. The van der Waals surface area contributed by atoms with Crippen molar-refractivity contribution in [1.82, 2.24) is 15.0 Å². The van der Waals surface area contributed by atoms with E-state index in [4.69, 9.17) is 4.52 Å². The van der Waals surface area contributed by atoms with E-state index in [0.29, 0.717) is 13.0 Å². The van der Waals surface area contributed by atoms with E-state index < -0.39 is 6.10 Å². The number of hydrogen-bond acceptors (Lipinski definition) is 4. The zero-order valence-corrected chi connectivity index (χ0v) is 10.0. The minimum atomic E-state index is -0.597. The van der Waals surface area contributed by atoms with Gasteiger partial charge in [0.05, 0.1) is 12.3 Å². The Kier molecular flexibility index (Phi) is 3.78. The minimum Gasteiger partial charge on any atom is -0.387 e. The smallest absolute Gasteiger partial charge is 0.289 e. The zero-order chi connectivity index (χ0) is 13.0. The number of aliphatic hydroxyl groups is 1. The van der Waals surface area contributed by atoms with Gasteiger partial charge in [-0.05, 0) is 18.6 Å². The van der Waals surface area contributed by atoms with E-state index in [2.05, 4.69) is 10.5 Å². The van der Waals surface area contributed by atoms with Crippen LogP contribution in [0.4, 0.5) is 0 Å². The van der Waals surface area contributed by atoms with Crippen molar-refractivity contribution in [3.05, 3.63) is 42.0 Å². The maximum atomic E-state index is 11.5. The van der Waals surface area contributed by atoms with Crippen molar-refractivity contribution in [3.63, 3.8) is 0 Å². The zero-order valence-electron chi connectivity index (χ0n) is 10.0. The third-order valence-corrected chi connectivity index (χ3v) is 2.69. The fraction of sp³-hybridized carbons (Fsp3) is 0.333. The highest BCUT2D eigenvalue weighted by molar-refractivity contribution is 5.91. The Hall–Kier alpha value is -2.08. The summed E-state index contributed by atoms with van der Waals surface area (Å²) in [5, 5.41) is 16.0. The summed E-state index contributed by atoms with van der Waals surface area (Å²) >= 11 is 0. The molecule has 1 atom stereocenters. The van der Waals surface area contributed by atoms with Crippen molar-refractivity contribution in [1.29, 1.82) is 0 Å². The molecule has 0 aliphatic rings. The van der Waals surface area contributed by atoms with E-state index in [1.165, 1.54) is 12.3 Å². The van der Waals surface area contributed by atoms with Gasteiger partial charge in [0.2, 0.25) is 5.76 Å². The Morgan fingerprint density at radius 2 is 2.44 bits per heavy atom. The summed E-state index contributed by atoms with van der Waals surface area (Å²) < 4.78 is 6.57. The molecule has 1 amide bonds. The molecule has 0 aromatic carbocycles. The first kappa shape index (κ1) is 12.4. The van der Waals surface area contributed by atoms with Gasteiger partial charge in [0, 0.05) is 31.5 Å². The second-order valence-electron chi connectivity index (χ2n) is 3.98. The summed E-state index contributed by atoms with van der Waals surface area (Å²) in [7, 11) is 1.87. The van der Waals surface area contributed by atoms with Gasteiger partial charge in [-0.2, -0.15) is 0 Å². The lowest BCUT2D eigenvalue weighted by Crippen LogP contribution is -2.25. The van der Waals surface area contributed by atoms with Crippen LogP contribution >= 0.6 is 0 Å². The number of rotatable bonds is 5. The van der Waals surface area contributed by atoms with E-state index in [0.717, 1.165) is 5.69 Å². The van der Waals surface area contributed by atoms with E-state index in [-0.39, 0.29) is 11.7 Å². The molecule has 96 valence electrons. The first-order valence-corrected chi connectivity index (χ1v) is 5.66. The van der Waals surface area contributed by atoms with Gasteiger partial charge in [0.15, 0.2) is 0 Å². The summed E-state index contributed by atoms with van der Waals surface area (Å²) in [6, 6.07) is 5.21. The van der Waals surface area contributed by atoms with Crippen molar-refractivity contribution in [2.75, 3.05) is 6.54 Å². The normalized spacial score (nSPS) is 12.3. The predicted octanol–water partition coefficient (Wildman–Crippen LogP) is 0.867. The average molecular weight is 249 g/mol. The molecule has 0 aliphatic heterocycles. The number of nitrogens with zero attached hydrogens (tertiary/aromatic N) is 2. The molecule has 2 heterocycles. The number of aromatic nitrogens is 2. The molecule has 2 aromatic heterocycles. The van der Waals surface area contributed by atoms with Gasteiger partial charge in [0.1, 0.15) is 0 Å². The maximum absolute atomic E-state index is 11.5. The second kappa shape index (κ2) is 5.50. The van der Waals surface area contributed by atoms with Gasteiger partial charge in [-0.1, -0.05) is 5.16 Å². The van der Waals surface area contributed by atoms with Gasteiger partial charge in [-0.15, -0.1) is 0 Å². The molecule has 0 bridgehead atoms. The monoisotopic (exact) mass is 249 g/mol. The standard InChI is InChI=1S/C12H15N3O3/c1-15-8-2-3-9(15)10(16)4-6-13-12(17)11-5-7-14-18-11/h2-3,5,7-8,10,16H,4,6H2,1H3,(H,13,17). The van der Waals surface area contributed by atoms with Gasteiger partial charge >= 0.3 is 0 Å². The number of nitrogens with one attached hydrogen (secondary N) is 1. The van der Waals surface area contributed by atoms with Crippen molar-refractivity contribution in [2.24, 2.45) is 7.05 Å². The van der Waals surface area contributed by atoms with Crippen LogP contribution in [0.5, 0.6) is 0 Å². The fourth-order valence-corrected chi connectivity index (χ4v) is 1.71. The van der Waals surface area contributed by atoms with Crippen LogP contribution < -0.4 is 5.32 Å². The number of amides is 1. The highest BCUT2D eigenvalue weighted by Crippen LogP contribution is 2.15. The average Bonchev–Trinajstić information content (AvgIpc) is 2.99. The molecular formula is C12H15N3O3. The topological polar surface area (TPSA) is 80.3 Å². The molecule has 2 aromatic rings. The van der Waals surface area contributed by atoms with Crippen molar-refractivity contribution >= 4 is 5.91 Å². The van der Waals surface area contributed by atoms with Crippen molar-refractivity contribution < 1.29 is 14.4 Å². The maximum Gasteiger partial charge on any atom is 0.289 e. The van der Waals surface area contributed by atoms with Gasteiger partial charge < -0.3 is 19.5 Å². The van der Waals surface area contributed by atoms with E-state index in [1.54, 1.807) is 0 Å². The predicted molar refractivity (Wildman–Crippen MR) is 63.8 cm³/mol. The SMILES string of the molecule is Cn1cccc1C(O)CCNC(=O)c1ccno1. The number of aliphatic hydroxyl groups excluding tert-OH is 1. The quantitative estimate of drug-likeness (QED) is 0.823. The van der Waals surface area contributed by atoms with Gasteiger partial charge in [-0.25, -0.2) is 0 Å². The Bertz CT molecular complexity index is 504. The molecule has 18 heavy (non-hydrogen) atoms. The van der Waals surface area contributed by atoms with Gasteiger partial charge in [-0.3, -0.25) is 4.79 Å². The highest BCUT2D eigenvalue weighted by Gasteiger charge is 2.12. The number of carbonyl (C=O) groups excluding carboxylic acids is 1. The summed E-state index contributed by atoms with van der Waals surface area (Å²) in [5.41, 5.74) is 0.823. The molecule has 0 saturated heterocycles. The Labute approximate surface area is 104 Å². The Morgan fingerprint density at radius 3 is 3.06 bits per heavy atom. The summed E-state index contributed by atoms with van der Waals surface area (Å²) in [5.74, 6) is -0.157. The summed E-state index contributed by atoms with van der Waals surface area (Å²) in [6.07, 6.45) is 3.12. The molecule has 6 heteroatoms. The summed E-state index contributed by atoms with van der Waals surface area (Å²) in [6.45, 7) is 0.367. The van der Waals surface area contributed by atoms with Crippen molar-refractivity contribution in [2.45, 2.75) is 12.5 Å². The molecule has 1 unspecified atom stereocenters. The third-order valence-electron chi connectivity index (χ3n) is 2.69. The van der Waals surface area contributed by atoms with Crippen LogP contribution in [0, 0.1) is 0 Å². The van der Waals surface area contributed by atoms with Crippen LogP contribution in [-0.2, 0) is 7.05 Å². The lowest BCUT2D eigenvalue weighted by molar-refractivity contribution is 0.0904. The minimum absolute atomic E-state index is 0.170. The molecule has 2 rings (SSSR count). The lowest BCUT2D eigenvalue weighted by atomic mass is 10.2. The summed E-state index contributed by atoms with van der Waals surface area (Å²) in [4.78, 5) is 11.5. The molecule has 2 N–H and O–H groups in total. The molecule has 6 nitrogen and oxygen atoms in total. The van der Waals surface area contributed by atoms with Crippen LogP contribution in [0.2, 0.25) is 0 Å². The molecule has 0 aliphatic carbocycles. The number of hydrogen-bond donors (Lipinski definition) is 2. The first-order chi connectivity index (χ1) is 8.68. The lowest BCUT2D eigenvalue weighted by Gasteiger charge is -2.12. The largest absolute Gasteiger partial charge is 0.387 e. The van der Waals surface area contributed by atoms with Crippen LogP contribution in [0.3, 0.4) is 0 Å². The van der Waals surface area contributed by atoms with Crippen LogP contribution in [0.1, 0.15) is 28.8 Å². The molecule has 0 saturated carbocycles. The van der Waals surface area contributed by atoms with E-state index in [9.17, 15) is 9.90 Å². The number of carbonyl (C=O) groups is 1. The Morgan fingerprint density at radius 1 is 1.61 bits per heavy atom. The van der Waals surface area contributed by atoms with Crippen molar-refractivity contribution in [3.8, 4) is 0 Å². The Balaban J connectivity index is 1.79.